The molecule has 0 amide bonds. The third-order valence-electron chi connectivity index (χ3n) is 5.10. The number of anilines is 1. The maximum atomic E-state index is 4.83. The Morgan fingerprint density at radius 1 is 1.04 bits per heavy atom. The SMILES string of the molecule is Cc1ccc2nc(C3CCCN(c4ccc5nccnc5n4)C3)[nH]c2c1. The first-order valence-electron chi connectivity index (χ1n) is 9.05. The zero-order chi connectivity index (χ0) is 17.5. The minimum absolute atomic E-state index is 0.385. The summed E-state index contributed by atoms with van der Waals surface area (Å²) in [7, 11) is 0. The zero-order valence-corrected chi connectivity index (χ0v) is 14.7. The van der Waals surface area contributed by atoms with Crippen molar-refractivity contribution in [2.75, 3.05) is 18.0 Å². The Labute approximate surface area is 151 Å². The number of imidazole rings is 1. The molecule has 1 aromatic carbocycles. The van der Waals surface area contributed by atoms with Crippen LogP contribution in [0.5, 0.6) is 0 Å². The highest BCUT2D eigenvalue weighted by atomic mass is 15.2. The second-order valence-electron chi connectivity index (χ2n) is 7.00. The Hall–Kier alpha value is -3.02. The van der Waals surface area contributed by atoms with Crippen LogP contribution in [0.15, 0.2) is 42.7 Å². The van der Waals surface area contributed by atoms with Crippen molar-refractivity contribution in [3.63, 3.8) is 0 Å². The molecule has 1 aliphatic rings. The Bertz CT molecular complexity index is 1090. The number of piperidine rings is 1. The predicted octanol–water partition coefficient (Wildman–Crippen LogP) is 3.59. The number of H-pyrrole nitrogens is 1. The molecule has 130 valence electrons. The van der Waals surface area contributed by atoms with Gasteiger partial charge in [-0.1, -0.05) is 6.07 Å². The van der Waals surface area contributed by atoms with Gasteiger partial charge in [-0.25, -0.2) is 15.0 Å². The molecule has 0 saturated carbocycles. The number of fused-ring (bicyclic) bond motifs is 2. The summed E-state index contributed by atoms with van der Waals surface area (Å²) in [5.74, 6) is 2.43. The first-order chi connectivity index (χ1) is 12.8. The van der Waals surface area contributed by atoms with E-state index >= 15 is 0 Å². The monoisotopic (exact) mass is 344 g/mol. The molecule has 4 aromatic rings. The summed E-state index contributed by atoms with van der Waals surface area (Å²) in [6.45, 7) is 4.03. The minimum Gasteiger partial charge on any atom is -0.356 e. The molecular weight excluding hydrogens is 324 g/mol. The van der Waals surface area contributed by atoms with Crippen LogP contribution < -0.4 is 4.90 Å². The number of aryl methyl sites for hydroxylation is 1. The van der Waals surface area contributed by atoms with E-state index in [0.717, 1.165) is 54.1 Å². The summed E-state index contributed by atoms with van der Waals surface area (Å²) in [6.07, 6.45) is 5.65. The van der Waals surface area contributed by atoms with Crippen molar-refractivity contribution in [3.8, 4) is 0 Å². The van der Waals surface area contributed by atoms with Crippen molar-refractivity contribution in [2.45, 2.75) is 25.7 Å². The molecule has 0 aliphatic carbocycles. The predicted molar refractivity (Wildman–Crippen MR) is 102 cm³/mol. The van der Waals surface area contributed by atoms with Crippen molar-refractivity contribution in [1.29, 1.82) is 0 Å². The van der Waals surface area contributed by atoms with E-state index in [1.807, 2.05) is 12.1 Å². The molecule has 6 nitrogen and oxygen atoms in total. The van der Waals surface area contributed by atoms with E-state index in [-0.39, 0.29) is 0 Å². The van der Waals surface area contributed by atoms with Crippen LogP contribution in [-0.4, -0.2) is 38.0 Å². The zero-order valence-electron chi connectivity index (χ0n) is 14.7. The van der Waals surface area contributed by atoms with Gasteiger partial charge in [0.25, 0.3) is 0 Å². The van der Waals surface area contributed by atoms with Crippen LogP contribution >= 0.6 is 0 Å². The Morgan fingerprint density at radius 3 is 2.88 bits per heavy atom. The summed E-state index contributed by atoms with van der Waals surface area (Å²) in [5.41, 5.74) is 4.95. The van der Waals surface area contributed by atoms with E-state index in [0.29, 0.717) is 11.6 Å². The molecule has 1 aliphatic heterocycles. The highest BCUT2D eigenvalue weighted by Crippen LogP contribution is 2.29. The summed E-state index contributed by atoms with van der Waals surface area (Å²) < 4.78 is 0. The van der Waals surface area contributed by atoms with Gasteiger partial charge in [-0.2, -0.15) is 0 Å². The molecule has 6 heteroatoms. The summed E-state index contributed by atoms with van der Waals surface area (Å²) in [4.78, 5) is 24.0. The van der Waals surface area contributed by atoms with Gasteiger partial charge in [0.1, 0.15) is 17.2 Å². The number of hydrogen-bond donors (Lipinski definition) is 1. The van der Waals surface area contributed by atoms with Crippen molar-refractivity contribution in [1.82, 2.24) is 24.9 Å². The van der Waals surface area contributed by atoms with Gasteiger partial charge >= 0.3 is 0 Å². The van der Waals surface area contributed by atoms with Gasteiger partial charge in [0.15, 0.2) is 5.65 Å². The first kappa shape index (κ1) is 15.3. The van der Waals surface area contributed by atoms with Crippen LogP contribution in [0.1, 0.15) is 30.1 Å². The topological polar surface area (TPSA) is 70.6 Å². The fourth-order valence-electron chi connectivity index (χ4n) is 3.77. The van der Waals surface area contributed by atoms with Crippen molar-refractivity contribution in [2.24, 2.45) is 0 Å². The average molecular weight is 344 g/mol. The molecule has 0 bridgehead atoms. The lowest BCUT2D eigenvalue weighted by Crippen LogP contribution is -2.35. The lowest BCUT2D eigenvalue weighted by Gasteiger charge is -2.32. The van der Waals surface area contributed by atoms with E-state index in [1.165, 1.54) is 5.56 Å². The molecule has 0 spiro atoms. The number of hydrogen-bond acceptors (Lipinski definition) is 5. The summed E-state index contributed by atoms with van der Waals surface area (Å²) in [6, 6.07) is 10.4. The Balaban J connectivity index is 1.44. The van der Waals surface area contributed by atoms with Gasteiger partial charge in [0.05, 0.1) is 11.0 Å². The van der Waals surface area contributed by atoms with Crippen LogP contribution in [0.3, 0.4) is 0 Å². The minimum atomic E-state index is 0.385. The lowest BCUT2D eigenvalue weighted by molar-refractivity contribution is 0.493. The Morgan fingerprint density at radius 2 is 1.92 bits per heavy atom. The van der Waals surface area contributed by atoms with E-state index in [9.17, 15) is 0 Å². The molecule has 3 aromatic heterocycles. The van der Waals surface area contributed by atoms with Crippen molar-refractivity contribution in [3.05, 3.63) is 54.1 Å². The number of pyridine rings is 1. The third-order valence-corrected chi connectivity index (χ3v) is 5.10. The van der Waals surface area contributed by atoms with Gasteiger partial charge in [-0.05, 0) is 49.6 Å². The molecule has 4 heterocycles. The van der Waals surface area contributed by atoms with Gasteiger partial charge < -0.3 is 9.88 Å². The van der Waals surface area contributed by atoms with Gasteiger partial charge in [-0.15, -0.1) is 0 Å². The quantitative estimate of drug-likeness (QED) is 0.602. The summed E-state index contributed by atoms with van der Waals surface area (Å²) in [5, 5.41) is 0. The van der Waals surface area contributed by atoms with Crippen LogP contribution in [-0.2, 0) is 0 Å². The van der Waals surface area contributed by atoms with Gasteiger partial charge in [0, 0.05) is 31.4 Å². The van der Waals surface area contributed by atoms with E-state index in [4.69, 9.17) is 9.97 Å². The molecule has 5 rings (SSSR count). The fraction of sp³-hybridized carbons (Fsp3) is 0.300. The van der Waals surface area contributed by atoms with Crippen LogP contribution in [0.25, 0.3) is 22.2 Å². The average Bonchev–Trinajstić information content (AvgIpc) is 3.11. The highest BCUT2D eigenvalue weighted by Gasteiger charge is 2.25. The van der Waals surface area contributed by atoms with Gasteiger partial charge in [-0.3, -0.25) is 4.98 Å². The van der Waals surface area contributed by atoms with Crippen molar-refractivity contribution >= 4 is 28.0 Å². The normalized spacial score (nSPS) is 17.9. The van der Waals surface area contributed by atoms with E-state index in [1.54, 1.807) is 12.4 Å². The fourth-order valence-corrected chi connectivity index (χ4v) is 3.77. The molecule has 1 unspecified atom stereocenters. The molecule has 1 atom stereocenters. The second kappa shape index (κ2) is 6.05. The standard InChI is InChI=1S/C20H20N6/c1-13-4-5-15-17(11-13)24-19(23-15)14-3-2-10-26(12-14)18-7-6-16-20(25-18)22-9-8-21-16/h4-9,11,14H,2-3,10,12H2,1H3,(H,23,24). The Kier molecular flexibility index (Phi) is 3.55. The second-order valence-corrected chi connectivity index (χ2v) is 7.00. The maximum absolute atomic E-state index is 4.83. The number of rotatable bonds is 2. The van der Waals surface area contributed by atoms with Crippen LogP contribution in [0.4, 0.5) is 5.82 Å². The number of aromatic amines is 1. The molecule has 0 radical (unpaired) electrons. The first-order valence-corrected chi connectivity index (χ1v) is 9.05. The maximum Gasteiger partial charge on any atom is 0.180 e. The summed E-state index contributed by atoms with van der Waals surface area (Å²) >= 11 is 0. The molecule has 26 heavy (non-hydrogen) atoms. The third kappa shape index (κ3) is 2.67. The largest absolute Gasteiger partial charge is 0.356 e. The van der Waals surface area contributed by atoms with Crippen LogP contribution in [0.2, 0.25) is 0 Å². The number of benzene rings is 1. The number of nitrogens with zero attached hydrogens (tertiary/aromatic N) is 5. The van der Waals surface area contributed by atoms with E-state index < -0.39 is 0 Å². The lowest BCUT2D eigenvalue weighted by atomic mass is 9.97. The molecule has 1 fully saturated rings. The highest BCUT2D eigenvalue weighted by molar-refractivity contribution is 5.76. The number of aromatic nitrogens is 5. The molecule has 1 N–H and O–H groups in total. The number of nitrogens with one attached hydrogen (secondary N) is 1. The van der Waals surface area contributed by atoms with Gasteiger partial charge in [0.2, 0.25) is 0 Å². The van der Waals surface area contributed by atoms with Crippen LogP contribution in [0, 0.1) is 6.92 Å². The molecule has 1 saturated heterocycles. The van der Waals surface area contributed by atoms with Crippen molar-refractivity contribution < 1.29 is 0 Å². The smallest absolute Gasteiger partial charge is 0.180 e. The van der Waals surface area contributed by atoms with E-state index in [2.05, 4.69) is 45.0 Å². The molecular formula is C20H20N6.